The third kappa shape index (κ3) is 4.89. The molecule has 106 valence electrons. The van der Waals surface area contributed by atoms with E-state index in [9.17, 15) is 9.90 Å². The Balaban J connectivity index is 2.88. The van der Waals surface area contributed by atoms with Gasteiger partial charge in [0.15, 0.2) is 0 Å². The number of hydrogen-bond donors (Lipinski definition) is 2. The van der Waals surface area contributed by atoms with Crippen molar-refractivity contribution in [1.29, 1.82) is 0 Å². The molecule has 1 atom stereocenters. The molecule has 1 aromatic rings. The maximum absolute atomic E-state index is 11.9. The number of benzene rings is 1. The number of carbonyl (C=O) groups is 1. The summed E-state index contributed by atoms with van der Waals surface area (Å²) in [6.07, 6.45) is -0.245. The molecule has 19 heavy (non-hydrogen) atoms. The average molecular weight is 305 g/mol. The zero-order valence-electron chi connectivity index (χ0n) is 10.8. The van der Waals surface area contributed by atoms with Crippen LogP contribution in [0, 0.1) is 0 Å². The minimum absolute atomic E-state index is 0.0157. The number of nitrogens with one attached hydrogen (secondary N) is 1. The van der Waals surface area contributed by atoms with Crippen LogP contribution < -0.4 is 5.25 Å². The molecular formula is C11H16NO5PS. The molecule has 1 unspecified atom stereocenters. The highest BCUT2D eigenvalue weighted by atomic mass is 32.5. The quantitative estimate of drug-likeness (QED) is 0.617. The molecule has 8 heteroatoms. The third-order valence-electron chi connectivity index (χ3n) is 1.88. The number of hydrogen-bond acceptors (Lipinski definition) is 6. The monoisotopic (exact) mass is 305 g/mol. The summed E-state index contributed by atoms with van der Waals surface area (Å²) in [5, 5.41) is 12.0. The van der Waals surface area contributed by atoms with E-state index in [-0.39, 0.29) is 17.4 Å². The van der Waals surface area contributed by atoms with Crippen LogP contribution in [0.3, 0.4) is 0 Å². The van der Waals surface area contributed by atoms with Crippen molar-refractivity contribution in [2.75, 3.05) is 7.11 Å². The fraction of sp³-hybridized carbons (Fsp3) is 0.364. The molecule has 2 N–H and O–H groups in total. The summed E-state index contributed by atoms with van der Waals surface area (Å²) < 4.78 is 10.5. The first-order valence-electron chi connectivity index (χ1n) is 5.48. The van der Waals surface area contributed by atoms with Gasteiger partial charge >= 0.3 is 12.6 Å². The molecule has 0 heterocycles. The van der Waals surface area contributed by atoms with Gasteiger partial charge in [0.25, 0.3) is 0 Å². The number of carbonyl (C=O) groups excluding carboxylic acids is 1. The molecule has 1 aromatic carbocycles. The largest absolute Gasteiger partial charge is 0.507 e. The molecule has 0 aliphatic heterocycles. The molecule has 0 aromatic heterocycles. The molecular weight excluding hydrogens is 289 g/mol. The van der Waals surface area contributed by atoms with E-state index in [1.54, 1.807) is 26.0 Å². The van der Waals surface area contributed by atoms with Crippen molar-refractivity contribution < 1.29 is 23.8 Å². The number of phenolic OH excluding ortho intramolecular Hbond substituents is 1. The SMILES string of the molecule is CONP(=S)(OC(=O)c1ccccc1O)OC(C)C. The Kier molecular flexibility index (Phi) is 5.90. The van der Waals surface area contributed by atoms with Crippen LogP contribution in [0.4, 0.5) is 0 Å². The highest BCUT2D eigenvalue weighted by Crippen LogP contribution is 2.46. The molecule has 1 rings (SSSR count). The summed E-state index contributed by atoms with van der Waals surface area (Å²) in [6, 6.07) is 6.01. The minimum Gasteiger partial charge on any atom is -0.507 e. The van der Waals surface area contributed by atoms with E-state index in [4.69, 9.17) is 25.7 Å². The van der Waals surface area contributed by atoms with Crippen LogP contribution in [0.25, 0.3) is 0 Å². The number of phenols is 1. The predicted octanol–water partition coefficient (Wildman–Crippen LogP) is 2.35. The van der Waals surface area contributed by atoms with Gasteiger partial charge in [-0.05, 0) is 37.8 Å². The Hall–Kier alpha value is -0.980. The fourth-order valence-corrected chi connectivity index (χ4v) is 3.42. The zero-order valence-corrected chi connectivity index (χ0v) is 12.5. The van der Waals surface area contributed by atoms with Crippen LogP contribution in [0.2, 0.25) is 0 Å². The molecule has 0 aliphatic rings. The fourth-order valence-electron chi connectivity index (χ4n) is 1.26. The lowest BCUT2D eigenvalue weighted by Crippen LogP contribution is -2.19. The van der Waals surface area contributed by atoms with Gasteiger partial charge in [0.05, 0.1) is 13.2 Å². The first-order chi connectivity index (χ1) is 8.88. The van der Waals surface area contributed by atoms with Gasteiger partial charge in [-0.15, -0.1) is 5.25 Å². The second-order valence-corrected chi connectivity index (χ2v) is 6.86. The molecule has 6 nitrogen and oxygen atoms in total. The molecule has 0 radical (unpaired) electrons. The standard InChI is InChI=1S/C11H16NO5PS/c1-8(2)16-18(19,12-15-3)17-11(14)9-6-4-5-7-10(9)13/h4-8,13H,1-3H3,(H,12,19). The third-order valence-corrected chi connectivity index (χ3v) is 4.10. The Labute approximate surface area is 116 Å². The van der Waals surface area contributed by atoms with Crippen molar-refractivity contribution in [1.82, 2.24) is 5.25 Å². The van der Waals surface area contributed by atoms with Crippen LogP contribution in [-0.4, -0.2) is 24.3 Å². The van der Waals surface area contributed by atoms with Crippen molar-refractivity contribution >= 4 is 24.4 Å². The topological polar surface area (TPSA) is 77.0 Å². The molecule has 0 amide bonds. The highest BCUT2D eigenvalue weighted by Gasteiger charge is 2.27. The molecule has 0 aliphatic carbocycles. The second-order valence-electron chi connectivity index (χ2n) is 3.84. The van der Waals surface area contributed by atoms with Gasteiger partial charge in [-0.3, -0.25) is 4.84 Å². The van der Waals surface area contributed by atoms with Crippen LogP contribution >= 0.6 is 6.64 Å². The first kappa shape index (κ1) is 16.1. The van der Waals surface area contributed by atoms with Gasteiger partial charge in [0.2, 0.25) is 0 Å². The Morgan fingerprint density at radius 3 is 2.58 bits per heavy atom. The van der Waals surface area contributed by atoms with Crippen LogP contribution in [-0.2, 0) is 25.7 Å². The molecule has 0 saturated carbocycles. The van der Waals surface area contributed by atoms with Crippen molar-refractivity contribution in [3.05, 3.63) is 29.8 Å². The molecule has 0 bridgehead atoms. The zero-order chi connectivity index (χ0) is 14.5. The summed E-state index contributed by atoms with van der Waals surface area (Å²) in [4.78, 5) is 16.6. The summed E-state index contributed by atoms with van der Waals surface area (Å²) >= 11 is 5.12. The minimum atomic E-state index is -3.12. The highest BCUT2D eigenvalue weighted by molar-refractivity contribution is 8.09. The smallest absolute Gasteiger partial charge is 0.347 e. The Morgan fingerprint density at radius 1 is 1.42 bits per heavy atom. The predicted molar refractivity (Wildman–Crippen MR) is 74.2 cm³/mol. The summed E-state index contributed by atoms with van der Waals surface area (Å²) in [5.74, 6) is -0.956. The second kappa shape index (κ2) is 6.98. The summed E-state index contributed by atoms with van der Waals surface area (Å²) in [7, 11) is 1.35. The van der Waals surface area contributed by atoms with E-state index in [2.05, 4.69) is 5.25 Å². The van der Waals surface area contributed by atoms with E-state index < -0.39 is 12.6 Å². The van der Waals surface area contributed by atoms with Gasteiger partial charge in [-0.25, -0.2) is 4.79 Å². The van der Waals surface area contributed by atoms with E-state index in [0.29, 0.717) is 0 Å². The van der Waals surface area contributed by atoms with Gasteiger partial charge < -0.3 is 14.2 Å². The molecule has 0 fully saturated rings. The van der Waals surface area contributed by atoms with Gasteiger partial charge in [-0.1, -0.05) is 12.1 Å². The van der Waals surface area contributed by atoms with Crippen LogP contribution in [0.5, 0.6) is 5.75 Å². The van der Waals surface area contributed by atoms with E-state index in [1.165, 1.54) is 19.2 Å². The average Bonchev–Trinajstić information content (AvgIpc) is 2.27. The normalized spacial score (nSPS) is 14.1. The van der Waals surface area contributed by atoms with E-state index in [1.807, 2.05) is 0 Å². The summed E-state index contributed by atoms with van der Waals surface area (Å²) in [6.45, 7) is 0.396. The first-order valence-corrected chi connectivity index (χ1v) is 8.12. The maximum atomic E-state index is 11.9. The van der Waals surface area contributed by atoms with Crippen molar-refractivity contribution in [2.45, 2.75) is 20.0 Å². The van der Waals surface area contributed by atoms with Crippen molar-refractivity contribution in [3.63, 3.8) is 0 Å². The lowest BCUT2D eigenvalue weighted by molar-refractivity contribution is 0.0635. The number of rotatable bonds is 6. The van der Waals surface area contributed by atoms with Crippen molar-refractivity contribution in [3.8, 4) is 5.75 Å². The van der Waals surface area contributed by atoms with E-state index >= 15 is 0 Å². The van der Waals surface area contributed by atoms with Gasteiger partial charge in [0, 0.05) is 0 Å². The Morgan fingerprint density at radius 2 is 2.05 bits per heavy atom. The molecule has 0 spiro atoms. The maximum Gasteiger partial charge on any atom is 0.347 e. The molecule has 0 saturated heterocycles. The van der Waals surface area contributed by atoms with Gasteiger partial charge in [0.1, 0.15) is 11.3 Å². The number of aromatic hydroxyl groups is 1. The Bertz CT molecular complexity index is 494. The van der Waals surface area contributed by atoms with Crippen LogP contribution in [0.15, 0.2) is 24.3 Å². The summed E-state index contributed by atoms with van der Waals surface area (Å²) in [5.41, 5.74) is 0.0157. The number of para-hydroxylation sites is 1. The van der Waals surface area contributed by atoms with Gasteiger partial charge in [-0.2, -0.15) is 0 Å². The van der Waals surface area contributed by atoms with Crippen molar-refractivity contribution in [2.24, 2.45) is 0 Å². The lowest BCUT2D eigenvalue weighted by atomic mass is 10.2. The van der Waals surface area contributed by atoms with E-state index in [0.717, 1.165) is 0 Å². The van der Waals surface area contributed by atoms with Crippen LogP contribution in [0.1, 0.15) is 24.2 Å². The lowest BCUT2D eigenvalue weighted by Gasteiger charge is -2.23.